The second-order valence-electron chi connectivity index (χ2n) is 6.87. The molecule has 0 atom stereocenters. The summed E-state index contributed by atoms with van der Waals surface area (Å²) in [6, 6.07) is 18.2. The van der Waals surface area contributed by atoms with Gasteiger partial charge in [-0.25, -0.2) is 9.59 Å². The van der Waals surface area contributed by atoms with E-state index in [1.165, 1.54) is 16.3 Å². The Morgan fingerprint density at radius 2 is 1.27 bits per heavy atom. The molecule has 0 aliphatic rings. The van der Waals surface area contributed by atoms with E-state index in [0.717, 1.165) is 43.2 Å². The normalized spacial score (nSPS) is 10.6. The number of fused-ring (bicyclic) bond motifs is 3. The van der Waals surface area contributed by atoms with Crippen LogP contribution in [0.25, 0.3) is 21.5 Å². The number of rotatable bonds is 6. The summed E-state index contributed by atoms with van der Waals surface area (Å²) in [4.78, 5) is 33.3. The van der Waals surface area contributed by atoms with Gasteiger partial charge in [-0.15, -0.1) is 0 Å². The molecule has 0 bridgehead atoms. The van der Waals surface area contributed by atoms with Crippen LogP contribution in [0.15, 0.2) is 59.4 Å². The first kappa shape index (κ1) is 23.0. The minimum Gasteiger partial charge on any atom is -0.473 e. The molecule has 6 nitrogen and oxygen atoms in total. The standard InChI is InChI=1S/C22H25NO.C2H2O4/c1-3-23(4-2)15-9-10-17-16-22(24)21-14-8-7-13-20(21)19-12-6-5-11-18(17)19;3-1(4)2(5)6/h5-8,11-14,16H,3-4,9-10,15H2,1-2H3;(H,3,4)(H,5,6). The molecule has 0 aliphatic heterocycles. The summed E-state index contributed by atoms with van der Waals surface area (Å²) >= 11 is 0. The summed E-state index contributed by atoms with van der Waals surface area (Å²) in [5, 5.41) is 19.0. The van der Waals surface area contributed by atoms with E-state index in [9.17, 15) is 4.79 Å². The number of carboxylic acid groups (broad SMARTS) is 2. The van der Waals surface area contributed by atoms with Gasteiger partial charge in [0.15, 0.2) is 5.43 Å². The van der Waals surface area contributed by atoms with E-state index in [-0.39, 0.29) is 5.43 Å². The maximum absolute atomic E-state index is 12.7. The summed E-state index contributed by atoms with van der Waals surface area (Å²) in [6.45, 7) is 7.63. The van der Waals surface area contributed by atoms with Gasteiger partial charge in [-0.1, -0.05) is 62.4 Å². The molecule has 3 aromatic rings. The molecule has 0 fully saturated rings. The third kappa shape index (κ3) is 5.87. The largest absolute Gasteiger partial charge is 0.473 e. The van der Waals surface area contributed by atoms with Crippen molar-refractivity contribution in [3.05, 3.63) is 70.4 Å². The summed E-state index contributed by atoms with van der Waals surface area (Å²) in [5.74, 6) is -3.65. The molecule has 0 radical (unpaired) electrons. The van der Waals surface area contributed by atoms with Gasteiger partial charge in [0, 0.05) is 5.39 Å². The Balaban J connectivity index is 0.000000469. The molecule has 0 unspecified atom stereocenters. The van der Waals surface area contributed by atoms with Gasteiger partial charge >= 0.3 is 11.9 Å². The first-order chi connectivity index (χ1) is 14.4. The lowest BCUT2D eigenvalue weighted by molar-refractivity contribution is -0.159. The Labute approximate surface area is 175 Å². The van der Waals surface area contributed by atoms with Crippen LogP contribution in [0, 0.1) is 0 Å². The predicted molar refractivity (Wildman–Crippen MR) is 119 cm³/mol. The van der Waals surface area contributed by atoms with Gasteiger partial charge in [0.1, 0.15) is 0 Å². The van der Waals surface area contributed by atoms with Crippen LogP contribution in [0.4, 0.5) is 0 Å². The molecular formula is C24H27NO5. The highest BCUT2D eigenvalue weighted by atomic mass is 16.4. The van der Waals surface area contributed by atoms with Crippen molar-refractivity contribution in [2.24, 2.45) is 0 Å². The molecule has 158 valence electrons. The van der Waals surface area contributed by atoms with Gasteiger partial charge < -0.3 is 15.1 Å². The number of hydrogen-bond donors (Lipinski definition) is 2. The molecule has 0 aliphatic carbocycles. The van der Waals surface area contributed by atoms with Crippen LogP contribution in [0.1, 0.15) is 25.8 Å². The van der Waals surface area contributed by atoms with Gasteiger partial charge in [0.2, 0.25) is 0 Å². The first-order valence-corrected chi connectivity index (χ1v) is 10.0. The number of benzene rings is 2. The van der Waals surface area contributed by atoms with E-state index < -0.39 is 11.9 Å². The molecule has 3 rings (SSSR count). The molecule has 0 saturated heterocycles. The van der Waals surface area contributed by atoms with Gasteiger partial charge in [0.05, 0.1) is 0 Å². The van der Waals surface area contributed by atoms with Gasteiger partial charge in [0.25, 0.3) is 0 Å². The first-order valence-electron chi connectivity index (χ1n) is 10.0. The van der Waals surface area contributed by atoms with E-state index in [4.69, 9.17) is 19.8 Å². The smallest absolute Gasteiger partial charge is 0.414 e. The van der Waals surface area contributed by atoms with Crippen LogP contribution < -0.4 is 5.43 Å². The van der Waals surface area contributed by atoms with Crippen LogP contribution in [-0.4, -0.2) is 46.7 Å². The van der Waals surface area contributed by atoms with Gasteiger partial charge in [-0.3, -0.25) is 4.79 Å². The molecule has 0 aromatic heterocycles. The Kier molecular flexibility index (Phi) is 8.50. The number of hydrogen-bond acceptors (Lipinski definition) is 4. The maximum atomic E-state index is 12.7. The fourth-order valence-electron chi connectivity index (χ4n) is 3.48. The van der Waals surface area contributed by atoms with E-state index >= 15 is 0 Å². The molecule has 2 N–H and O–H groups in total. The zero-order valence-corrected chi connectivity index (χ0v) is 17.3. The molecule has 0 heterocycles. The monoisotopic (exact) mass is 409 g/mol. The van der Waals surface area contributed by atoms with Crippen LogP contribution in [0.2, 0.25) is 0 Å². The second-order valence-corrected chi connectivity index (χ2v) is 6.87. The van der Waals surface area contributed by atoms with Gasteiger partial charge in [-0.2, -0.15) is 0 Å². The number of carboxylic acids is 2. The lowest BCUT2D eigenvalue weighted by Gasteiger charge is -2.17. The van der Waals surface area contributed by atoms with Crippen molar-refractivity contribution in [3.8, 4) is 0 Å². The molecule has 30 heavy (non-hydrogen) atoms. The Morgan fingerprint density at radius 1 is 0.800 bits per heavy atom. The molecule has 0 spiro atoms. The van der Waals surface area contributed by atoms with E-state index in [1.54, 1.807) is 0 Å². The zero-order chi connectivity index (χ0) is 22.1. The highest BCUT2D eigenvalue weighted by Gasteiger charge is 2.07. The Morgan fingerprint density at radius 3 is 1.77 bits per heavy atom. The molecular weight excluding hydrogens is 382 g/mol. The van der Waals surface area contributed by atoms with Crippen molar-refractivity contribution in [3.63, 3.8) is 0 Å². The SMILES string of the molecule is CCN(CC)CCCc1cc(=O)c2ccccc2c2ccccc12.O=C(O)C(=O)O. The van der Waals surface area contributed by atoms with E-state index in [1.807, 2.05) is 24.3 Å². The average Bonchev–Trinajstić information content (AvgIpc) is 2.87. The predicted octanol–water partition coefficient (Wildman–Crippen LogP) is 3.78. The number of carbonyl (C=O) groups is 2. The van der Waals surface area contributed by atoms with E-state index in [2.05, 4.69) is 49.1 Å². The van der Waals surface area contributed by atoms with Crippen molar-refractivity contribution < 1.29 is 19.8 Å². The molecule has 6 heteroatoms. The third-order valence-corrected chi connectivity index (χ3v) is 5.06. The fourth-order valence-corrected chi connectivity index (χ4v) is 3.48. The minimum absolute atomic E-state index is 0.125. The molecule has 0 saturated carbocycles. The summed E-state index contributed by atoms with van der Waals surface area (Å²) in [5.41, 5.74) is 1.29. The fraction of sp³-hybridized carbons (Fsp3) is 0.292. The van der Waals surface area contributed by atoms with Crippen LogP contribution in [0.5, 0.6) is 0 Å². The highest BCUT2D eigenvalue weighted by Crippen LogP contribution is 2.25. The number of aryl methyl sites for hydroxylation is 1. The van der Waals surface area contributed by atoms with Gasteiger partial charge in [-0.05, 0) is 60.3 Å². The van der Waals surface area contributed by atoms with Crippen LogP contribution in [-0.2, 0) is 16.0 Å². The Bertz CT molecular complexity index is 1080. The van der Waals surface area contributed by atoms with Crippen molar-refractivity contribution in [2.45, 2.75) is 26.7 Å². The van der Waals surface area contributed by atoms with E-state index in [0.29, 0.717) is 0 Å². The van der Waals surface area contributed by atoms with Crippen molar-refractivity contribution in [2.75, 3.05) is 19.6 Å². The number of nitrogens with zero attached hydrogens (tertiary/aromatic N) is 1. The van der Waals surface area contributed by atoms with Crippen LogP contribution in [0.3, 0.4) is 0 Å². The second kappa shape index (κ2) is 11.1. The van der Waals surface area contributed by atoms with Crippen molar-refractivity contribution in [1.82, 2.24) is 4.90 Å². The lowest BCUT2D eigenvalue weighted by Crippen LogP contribution is -2.24. The lowest BCUT2D eigenvalue weighted by atomic mass is 10.0. The summed E-state index contributed by atoms with van der Waals surface area (Å²) in [6.07, 6.45) is 2.01. The zero-order valence-electron chi connectivity index (χ0n) is 17.3. The maximum Gasteiger partial charge on any atom is 0.414 e. The van der Waals surface area contributed by atoms with Crippen LogP contribution >= 0.6 is 0 Å². The minimum atomic E-state index is -1.82. The topological polar surface area (TPSA) is 94.9 Å². The molecule has 0 amide bonds. The average molecular weight is 409 g/mol. The van der Waals surface area contributed by atoms with Crippen molar-refractivity contribution in [1.29, 1.82) is 0 Å². The Hall–Kier alpha value is -3.25. The van der Waals surface area contributed by atoms with Crippen molar-refractivity contribution >= 4 is 33.5 Å². The summed E-state index contributed by atoms with van der Waals surface area (Å²) in [7, 11) is 0. The number of aliphatic carboxylic acids is 2. The molecule has 3 aromatic carbocycles. The third-order valence-electron chi connectivity index (χ3n) is 5.06. The quantitative estimate of drug-likeness (QED) is 0.602. The highest BCUT2D eigenvalue weighted by molar-refractivity contribution is 6.27. The summed E-state index contributed by atoms with van der Waals surface area (Å²) < 4.78 is 0.